The summed E-state index contributed by atoms with van der Waals surface area (Å²) in [4.78, 5) is 14.7. The van der Waals surface area contributed by atoms with Gasteiger partial charge in [0.25, 0.3) is 0 Å². The number of halogens is 2. The van der Waals surface area contributed by atoms with Gasteiger partial charge in [0, 0.05) is 41.1 Å². The standard InChI is InChI=1S/C16H20Cl2N2O/c1-9-10(2)20(6-5-19-9)16(21)14-8-13(14)12-4-3-11(17)7-15(12)18/h3-4,7,9-10,13-14,19H,5-6,8H2,1-2H3. The van der Waals surface area contributed by atoms with Crippen LogP contribution in [0, 0.1) is 5.92 Å². The number of nitrogens with zero attached hydrogens (tertiary/aromatic N) is 1. The molecule has 1 aromatic carbocycles. The summed E-state index contributed by atoms with van der Waals surface area (Å²) < 4.78 is 0. The van der Waals surface area contributed by atoms with Crippen LogP contribution in [0.4, 0.5) is 0 Å². The van der Waals surface area contributed by atoms with Crippen LogP contribution in [0.25, 0.3) is 0 Å². The van der Waals surface area contributed by atoms with Gasteiger partial charge in [-0.15, -0.1) is 0 Å². The van der Waals surface area contributed by atoms with Crippen LogP contribution in [0.15, 0.2) is 18.2 Å². The second kappa shape index (κ2) is 5.79. The van der Waals surface area contributed by atoms with Gasteiger partial charge >= 0.3 is 0 Å². The number of amides is 1. The van der Waals surface area contributed by atoms with E-state index in [1.54, 1.807) is 6.07 Å². The normalized spacial score (nSPS) is 32.1. The van der Waals surface area contributed by atoms with Gasteiger partial charge in [-0.3, -0.25) is 4.79 Å². The number of hydrogen-bond donors (Lipinski definition) is 1. The average molecular weight is 327 g/mol. The zero-order chi connectivity index (χ0) is 15.1. The summed E-state index contributed by atoms with van der Waals surface area (Å²) in [5.74, 6) is 0.600. The zero-order valence-corrected chi connectivity index (χ0v) is 13.8. The first kappa shape index (κ1) is 15.1. The second-order valence-electron chi connectivity index (χ2n) is 6.13. The third-order valence-corrected chi connectivity index (χ3v) is 5.35. The highest BCUT2D eigenvalue weighted by Gasteiger charge is 2.47. The Hall–Kier alpha value is -0.770. The first-order valence-electron chi connectivity index (χ1n) is 7.48. The Kier molecular flexibility index (Phi) is 4.17. The van der Waals surface area contributed by atoms with Crippen molar-refractivity contribution in [3.8, 4) is 0 Å². The van der Waals surface area contributed by atoms with E-state index in [9.17, 15) is 4.79 Å². The summed E-state index contributed by atoms with van der Waals surface area (Å²) >= 11 is 12.2. The molecular formula is C16H20Cl2N2O. The van der Waals surface area contributed by atoms with Gasteiger partial charge in [-0.25, -0.2) is 0 Å². The third kappa shape index (κ3) is 2.92. The predicted molar refractivity (Wildman–Crippen MR) is 85.9 cm³/mol. The highest BCUT2D eigenvalue weighted by molar-refractivity contribution is 6.35. The molecule has 0 spiro atoms. The summed E-state index contributed by atoms with van der Waals surface area (Å²) in [5, 5.41) is 4.71. The van der Waals surface area contributed by atoms with E-state index >= 15 is 0 Å². The molecule has 4 unspecified atom stereocenters. The molecule has 2 aliphatic rings. The Morgan fingerprint density at radius 3 is 2.81 bits per heavy atom. The lowest BCUT2D eigenvalue weighted by molar-refractivity contribution is -0.136. The number of nitrogens with one attached hydrogen (secondary N) is 1. The highest BCUT2D eigenvalue weighted by Crippen LogP contribution is 2.51. The van der Waals surface area contributed by atoms with Crippen molar-refractivity contribution >= 4 is 29.1 Å². The summed E-state index contributed by atoms with van der Waals surface area (Å²) in [6, 6.07) is 6.14. The molecule has 3 nitrogen and oxygen atoms in total. The van der Waals surface area contributed by atoms with Crippen LogP contribution in [0.5, 0.6) is 0 Å². The van der Waals surface area contributed by atoms with E-state index in [1.807, 2.05) is 17.0 Å². The Labute approximate surface area is 135 Å². The third-order valence-electron chi connectivity index (χ3n) is 4.79. The van der Waals surface area contributed by atoms with Crippen molar-refractivity contribution in [1.82, 2.24) is 10.2 Å². The van der Waals surface area contributed by atoms with E-state index in [1.165, 1.54) is 0 Å². The van der Waals surface area contributed by atoms with E-state index < -0.39 is 0 Å². The Morgan fingerprint density at radius 1 is 1.33 bits per heavy atom. The first-order chi connectivity index (χ1) is 9.99. The summed E-state index contributed by atoms with van der Waals surface area (Å²) in [6.45, 7) is 5.91. The van der Waals surface area contributed by atoms with Crippen LogP contribution in [0.2, 0.25) is 10.0 Å². The van der Waals surface area contributed by atoms with Gasteiger partial charge in [-0.1, -0.05) is 29.3 Å². The number of rotatable bonds is 2. The minimum Gasteiger partial charge on any atom is -0.337 e. The summed E-state index contributed by atoms with van der Waals surface area (Å²) in [7, 11) is 0. The molecule has 1 heterocycles. The van der Waals surface area contributed by atoms with Crippen molar-refractivity contribution in [3.63, 3.8) is 0 Å². The zero-order valence-electron chi connectivity index (χ0n) is 12.3. The molecule has 2 fully saturated rings. The predicted octanol–water partition coefficient (Wildman–Crippen LogP) is 3.31. The fraction of sp³-hybridized carbons (Fsp3) is 0.562. The molecule has 1 aromatic rings. The molecule has 1 saturated carbocycles. The fourth-order valence-electron chi connectivity index (χ4n) is 3.19. The number of piperazine rings is 1. The molecule has 1 amide bonds. The number of carbonyl (C=O) groups is 1. The van der Waals surface area contributed by atoms with Crippen LogP contribution in [0.3, 0.4) is 0 Å². The lowest BCUT2D eigenvalue weighted by Gasteiger charge is -2.39. The molecule has 4 atom stereocenters. The average Bonchev–Trinajstić information content (AvgIpc) is 3.21. The highest BCUT2D eigenvalue weighted by atomic mass is 35.5. The van der Waals surface area contributed by atoms with Gasteiger partial charge in [-0.2, -0.15) is 0 Å². The number of benzene rings is 1. The van der Waals surface area contributed by atoms with E-state index in [4.69, 9.17) is 23.2 Å². The van der Waals surface area contributed by atoms with Gasteiger partial charge < -0.3 is 10.2 Å². The van der Waals surface area contributed by atoms with Crippen molar-refractivity contribution in [1.29, 1.82) is 0 Å². The molecule has 0 aromatic heterocycles. The quantitative estimate of drug-likeness (QED) is 0.904. The van der Waals surface area contributed by atoms with Crippen molar-refractivity contribution < 1.29 is 4.79 Å². The largest absolute Gasteiger partial charge is 0.337 e. The molecule has 3 rings (SSSR count). The molecule has 1 saturated heterocycles. The van der Waals surface area contributed by atoms with Crippen LogP contribution in [-0.4, -0.2) is 36.0 Å². The van der Waals surface area contributed by atoms with E-state index in [2.05, 4.69) is 19.2 Å². The molecule has 0 bridgehead atoms. The van der Waals surface area contributed by atoms with Gasteiger partial charge in [0.15, 0.2) is 0 Å². The molecule has 1 N–H and O–H groups in total. The molecule has 1 aliphatic heterocycles. The lowest BCUT2D eigenvalue weighted by Crippen LogP contribution is -2.57. The minimum atomic E-state index is 0.0800. The van der Waals surface area contributed by atoms with Crippen LogP contribution >= 0.6 is 23.2 Å². The maximum atomic E-state index is 12.7. The van der Waals surface area contributed by atoms with Crippen LogP contribution < -0.4 is 5.32 Å². The van der Waals surface area contributed by atoms with Crippen molar-refractivity contribution in [2.75, 3.05) is 13.1 Å². The van der Waals surface area contributed by atoms with Crippen molar-refractivity contribution in [2.45, 2.75) is 38.3 Å². The SMILES string of the molecule is CC1NCCN(C(=O)C2CC2c2ccc(Cl)cc2Cl)C1C. The molecule has 114 valence electrons. The molecule has 21 heavy (non-hydrogen) atoms. The summed E-state index contributed by atoms with van der Waals surface area (Å²) in [6.07, 6.45) is 0.894. The maximum Gasteiger partial charge on any atom is 0.226 e. The van der Waals surface area contributed by atoms with E-state index in [0.717, 1.165) is 25.1 Å². The van der Waals surface area contributed by atoms with Gasteiger partial charge in [-0.05, 0) is 43.9 Å². The van der Waals surface area contributed by atoms with E-state index in [-0.39, 0.29) is 23.8 Å². The molecule has 5 heteroatoms. The smallest absolute Gasteiger partial charge is 0.226 e. The maximum absolute atomic E-state index is 12.7. The Morgan fingerprint density at radius 2 is 2.10 bits per heavy atom. The summed E-state index contributed by atoms with van der Waals surface area (Å²) in [5.41, 5.74) is 1.05. The monoisotopic (exact) mass is 326 g/mol. The minimum absolute atomic E-state index is 0.0800. The second-order valence-corrected chi connectivity index (χ2v) is 6.97. The Bertz CT molecular complexity index is 563. The van der Waals surface area contributed by atoms with Crippen molar-refractivity contribution in [3.05, 3.63) is 33.8 Å². The van der Waals surface area contributed by atoms with Gasteiger partial charge in [0.05, 0.1) is 0 Å². The van der Waals surface area contributed by atoms with Gasteiger partial charge in [0.2, 0.25) is 5.91 Å². The fourth-order valence-corrected chi connectivity index (χ4v) is 3.74. The van der Waals surface area contributed by atoms with Gasteiger partial charge in [0.1, 0.15) is 0 Å². The Balaban J connectivity index is 1.71. The van der Waals surface area contributed by atoms with Crippen molar-refractivity contribution in [2.24, 2.45) is 5.92 Å². The number of hydrogen-bond acceptors (Lipinski definition) is 2. The lowest BCUT2D eigenvalue weighted by atomic mass is 10.0. The first-order valence-corrected chi connectivity index (χ1v) is 8.23. The van der Waals surface area contributed by atoms with Crippen LogP contribution in [-0.2, 0) is 4.79 Å². The molecular weight excluding hydrogens is 307 g/mol. The topological polar surface area (TPSA) is 32.3 Å². The molecule has 1 aliphatic carbocycles. The van der Waals surface area contributed by atoms with Crippen LogP contribution in [0.1, 0.15) is 31.7 Å². The van der Waals surface area contributed by atoms with E-state index in [0.29, 0.717) is 16.1 Å². The number of carbonyl (C=O) groups excluding carboxylic acids is 1. The molecule has 0 radical (unpaired) electrons.